The van der Waals surface area contributed by atoms with E-state index in [1.54, 1.807) is 0 Å². The molecule has 2 rings (SSSR count). The minimum atomic E-state index is 0. The van der Waals surface area contributed by atoms with Gasteiger partial charge >= 0.3 is 0 Å². The van der Waals surface area contributed by atoms with Gasteiger partial charge in [-0.1, -0.05) is 20.8 Å². The van der Waals surface area contributed by atoms with E-state index in [0.29, 0.717) is 0 Å². The van der Waals surface area contributed by atoms with Gasteiger partial charge in [-0.2, -0.15) is 0 Å². The number of guanidine groups is 1. The Morgan fingerprint density at radius 1 is 1.36 bits per heavy atom. The molecule has 0 aromatic heterocycles. The summed E-state index contributed by atoms with van der Waals surface area (Å²) in [6.45, 7) is 15.2. The van der Waals surface area contributed by atoms with Crippen molar-refractivity contribution in [1.82, 2.24) is 15.1 Å². The van der Waals surface area contributed by atoms with Gasteiger partial charge in [0, 0.05) is 38.6 Å². The predicted octanol–water partition coefficient (Wildman–Crippen LogP) is 1.88. The van der Waals surface area contributed by atoms with Crippen LogP contribution >= 0.6 is 24.0 Å². The summed E-state index contributed by atoms with van der Waals surface area (Å²) in [6.07, 6.45) is 1.28. The standard InChI is InChI=1S/C16H32N4O.HI/c1-5-19(6-2)9-14-7-8-20(10-14)15(17-4)18-11-16(3)12-21-13-16;/h14H,5-13H2,1-4H3,(H,17,18);1H. The monoisotopic (exact) mass is 424 g/mol. The van der Waals surface area contributed by atoms with Crippen LogP contribution in [0.1, 0.15) is 27.2 Å². The Bertz CT molecular complexity index is 356. The lowest BCUT2D eigenvalue weighted by Gasteiger charge is -2.39. The molecule has 0 bridgehead atoms. The highest BCUT2D eigenvalue weighted by Gasteiger charge is 2.34. The topological polar surface area (TPSA) is 40.1 Å². The molecule has 0 aromatic carbocycles. The number of ether oxygens (including phenoxy) is 1. The minimum Gasteiger partial charge on any atom is -0.380 e. The van der Waals surface area contributed by atoms with Crippen molar-refractivity contribution in [2.45, 2.75) is 27.2 Å². The SMILES string of the molecule is CCN(CC)CC1CCN(C(=NC)NCC2(C)COC2)C1.I. The zero-order valence-electron chi connectivity index (χ0n) is 14.6. The Morgan fingerprint density at radius 2 is 2.05 bits per heavy atom. The van der Waals surface area contributed by atoms with Gasteiger partial charge in [0.2, 0.25) is 0 Å². The highest BCUT2D eigenvalue weighted by Crippen LogP contribution is 2.25. The Labute approximate surface area is 152 Å². The molecule has 0 saturated carbocycles. The van der Waals surface area contributed by atoms with E-state index in [0.717, 1.165) is 57.8 Å². The number of likely N-dealkylation sites (tertiary alicyclic amines) is 1. The molecule has 0 spiro atoms. The van der Waals surface area contributed by atoms with Gasteiger partial charge in [-0.25, -0.2) is 0 Å². The van der Waals surface area contributed by atoms with Crippen LogP contribution in [0.5, 0.6) is 0 Å². The van der Waals surface area contributed by atoms with Crippen LogP contribution in [0.15, 0.2) is 4.99 Å². The first kappa shape index (κ1) is 20.0. The van der Waals surface area contributed by atoms with E-state index in [2.05, 4.69) is 40.9 Å². The molecule has 2 fully saturated rings. The van der Waals surface area contributed by atoms with Crippen LogP contribution in [-0.4, -0.2) is 75.3 Å². The van der Waals surface area contributed by atoms with E-state index >= 15 is 0 Å². The van der Waals surface area contributed by atoms with Crippen molar-refractivity contribution < 1.29 is 4.74 Å². The number of rotatable bonds is 6. The number of halogens is 1. The van der Waals surface area contributed by atoms with E-state index in [1.165, 1.54) is 13.0 Å². The maximum Gasteiger partial charge on any atom is 0.193 e. The smallest absolute Gasteiger partial charge is 0.193 e. The van der Waals surface area contributed by atoms with Gasteiger partial charge in [0.05, 0.1) is 13.2 Å². The van der Waals surface area contributed by atoms with Crippen LogP contribution in [0.4, 0.5) is 0 Å². The largest absolute Gasteiger partial charge is 0.380 e. The quantitative estimate of drug-likeness (QED) is 0.402. The van der Waals surface area contributed by atoms with E-state index in [-0.39, 0.29) is 29.4 Å². The highest BCUT2D eigenvalue weighted by atomic mass is 127. The minimum absolute atomic E-state index is 0. The van der Waals surface area contributed by atoms with Gasteiger partial charge in [0.1, 0.15) is 0 Å². The summed E-state index contributed by atoms with van der Waals surface area (Å²) in [4.78, 5) is 9.40. The fourth-order valence-electron chi connectivity index (χ4n) is 3.20. The average molecular weight is 424 g/mol. The predicted molar refractivity (Wildman–Crippen MR) is 103 cm³/mol. The first-order chi connectivity index (χ1) is 10.1. The average Bonchev–Trinajstić information content (AvgIpc) is 2.92. The van der Waals surface area contributed by atoms with Crippen LogP contribution in [-0.2, 0) is 4.74 Å². The second-order valence-corrected chi connectivity index (χ2v) is 6.79. The summed E-state index contributed by atoms with van der Waals surface area (Å²) in [5.41, 5.74) is 0.288. The van der Waals surface area contributed by atoms with Crippen LogP contribution in [0, 0.1) is 11.3 Å². The van der Waals surface area contributed by atoms with Crippen LogP contribution < -0.4 is 5.32 Å². The van der Waals surface area contributed by atoms with Gasteiger partial charge < -0.3 is 19.9 Å². The number of hydrogen-bond acceptors (Lipinski definition) is 3. The van der Waals surface area contributed by atoms with Crippen molar-refractivity contribution in [3.05, 3.63) is 0 Å². The summed E-state index contributed by atoms with van der Waals surface area (Å²) >= 11 is 0. The molecule has 6 heteroatoms. The van der Waals surface area contributed by atoms with E-state index in [9.17, 15) is 0 Å². The molecule has 1 unspecified atom stereocenters. The molecule has 130 valence electrons. The van der Waals surface area contributed by atoms with Gasteiger partial charge in [0.15, 0.2) is 5.96 Å². The third-order valence-corrected chi connectivity index (χ3v) is 4.78. The molecule has 1 N–H and O–H groups in total. The van der Waals surface area contributed by atoms with E-state index < -0.39 is 0 Å². The molecule has 0 radical (unpaired) electrons. The van der Waals surface area contributed by atoms with Gasteiger partial charge in [0.25, 0.3) is 0 Å². The summed E-state index contributed by atoms with van der Waals surface area (Å²) in [5, 5.41) is 3.54. The lowest BCUT2D eigenvalue weighted by atomic mass is 9.89. The third-order valence-electron chi connectivity index (χ3n) is 4.78. The summed E-state index contributed by atoms with van der Waals surface area (Å²) in [5.74, 6) is 1.83. The van der Waals surface area contributed by atoms with Gasteiger partial charge in [-0.15, -0.1) is 24.0 Å². The molecule has 0 aliphatic carbocycles. The molecule has 2 heterocycles. The molecule has 22 heavy (non-hydrogen) atoms. The molecule has 2 saturated heterocycles. The van der Waals surface area contributed by atoms with Crippen molar-refractivity contribution in [2.75, 3.05) is 59.5 Å². The summed E-state index contributed by atoms with van der Waals surface area (Å²) in [6, 6.07) is 0. The second-order valence-electron chi connectivity index (χ2n) is 6.79. The van der Waals surface area contributed by atoms with Gasteiger partial charge in [-0.3, -0.25) is 4.99 Å². The Balaban J connectivity index is 0.00000242. The Hall–Kier alpha value is -0.0800. The Morgan fingerprint density at radius 3 is 2.55 bits per heavy atom. The number of nitrogens with one attached hydrogen (secondary N) is 1. The van der Waals surface area contributed by atoms with Crippen molar-refractivity contribution in [3.8, 4) is 0 Å². The molecular weight excluding hydrogens is 391 g/mol. The van der Waals surface area contributed by atoms with Crippen LogP contribution in [0.2, 0.25) is 0 Å². The fourth-order valence-corrected chi connectivity index (χ4v) is 3.20. The van der Waals surface area contributed by atoms with Crippen LogP contribution in [0.3, 0.4) is 0 Å². The van der Waals surface area contributed by atoms with Crippen molar-refractivity contribution >= 4 is 29.9 Å². The Kier molecular flexibility index (Phi) is 8.42. The van der Waals surface area contributed by atoms with E-state index in [4.69, 9.17) is 4.74 Å². The zero-order chi connectivity index (χ0) is 15.3. The van der Waals surface area contributed by atoms with Gasteiger partial charge in [-0.05, 0) is 25.4 Å². The molecule has 0 amide bonds. The number of nitrogens with zero attached hydrogens (tertiary/aromatic N) is 3. The third kappa shape index (κ3) is 5.23. The summed E-state index contributed by atoms with van der Waals surface area (Å²) in [7, 11) is 1.89. The van der Waals surface area contributed by atoms with Crippen LogP contribution in [0.25, 0.3) is 0 Å². The van der Waals surface area contributed by atoms with E-state index in [1.807, 2.05) is 7.05 Å². The maximum absolute atomic E-state index is 5.32. The lowest BCUT2D eigenvalue weighted by molar-refractivity contribution is -0.0972. The molecular formula is C16H33IN4O. The summed E-state index contributed by atoms with van der Waals surface area (Å²) < 4.78 is 5.32. The molecule has 2 aliphatic heterocycles. The fraction of sp³-hybridized carbons (Fsp3) is 0.938. The highest BCUT2D eigenvalue weighted by molar-refractivity contribution is 14.0. The van der Waals surface area contributed by atoms with Crippen molar-refractivity contribution in [2.24, 2.45) is 16.3 Å². The first-order valence-electron chi connectivity index (χ1n) is 8.36. The molecule has 1 atom stereocenters. The molecule has 2 aliphatic rings. The molecule has 0 aromatic rings. The maximum atomic E-state index is 5.32. The normalized spacial score (nSPS) is 24.1. The lowest BCUT2D eigenvalue weighted by Crippen LogP contribution is -2.51. The first-order valence-corrected chi connectivity index (χ1v) is 8.36. The number of aliphatic imine (C=N–C) groups is 1. The van der Waals surface area contributed by atoms with Crippen molar-refractivity contribution in [3.63, 3.8) is 0 Å². The molecule has 5 nitrogen and oxygen atoms in total. The number of hydrogen-bond donors (Lipinski definition) is 1. The second kappa shape index (κ2) is 9.27. The zero-order valence-corrected chi connectivity index (χ0v) is 16.9. The van der Waals surface area contributed by atoms with Crippen molar-refractivity contribution in [1.29, 1.82) is 0 Å².